The molecule has 4 heteroatoms. The number of aliphatic hydroxyl groups excluding tert-OH is 1. The van der Waals surface area contributed by atoms with E-state index in [0.717, 1.165) is 17.1 Å². The largest absolute Gasteiger partial charge is 0.497 e. The third-order valence-electron chi connectivity index (χ3n) is 2.89. The van der Waals surface area contributed by atoms with Gasteiger partial charge in [-0.1, -0.05) is 12.1 Å². The normalized spacial score (nSPS) is 12.5. The van der Waals surface area contributed by atoms with Gasteiger partial charge in [0.05, 0.1) is 21.2 Å². The van der Waals surface area contributed by atoms with Crippen LogP contribution in [0.5, 0.6) is 5.75 Å². The molecule has 1 unspecified atom stereocenters. The number of rotatable bonds is 3. The highest BCUT2D eigenvalue weighted by Crippen LogP contribution is 2.22. The number of hydrogen-bond donors (Lipinski definition) is 1. The van der Waals surface area contributed by atoms with Crippen LogP contribution in [0, 0.1) is 0 Å². The van der Waals surface area contributed by atoms with Crippen LogP contribution in [0.3, 0.4) is 0 Å². The number of ether oxygens (including phenoxy) is 1. The summed E-state index contributed by atoms with van der Waals surface area (Å²) in [6, 6.07) is 7.47. The van der Waals surface area contributed by atoms with Crippen molar-refractivity contribution in [3.8, 4) is 5.75 Å². The summed E-state index contributed by atoms with van der Waals surface area (Å²) in [7, 11) is 5.45. The number of aliphatic hydroxyl groups is 1. The first-order valence-electron chi connectivity index (χ1n) is 5.46. The van der Waals surface area contributed by atoms with Crippen LogP contribution in [-0.4, -0.2) is 16.8 Å². The number of hydrogen-bond acceptors (Lipinski definition) is 2. The van der Waals surface area contributed by atoms with E-state index in [1.54, 1.807) is 7.11 Å². The maximum Gasteiger partial charge on any atom is 0.290 e. The van der Waals surface area contributed by atoms with Gasteiger partial charge >= 0.3 is 0 Å². The van der Waals surface area contributed by atoms with Gasteiger partial charge in [0.2, 0.25) is 0 Å². The molecule has 2 rings (SSSR count). The topological polar surface area (TPSA) is 38.3 Å². The average molecular weight is 233 g/mol. The van der Waals surface area contributed by atoms with Crippen molar-refractivity contribution in [3.05, 3.63) is 48.0 Å². The van der Waals surface area contributed by atoms with E-state index in [4.69, 9.17) is 4.74 Å². The summed E-state index contributed by atoms with van der Waals surface area (Å²) in [6.07, 6.45) is 3.17. The van der Waals surface area contributed by atoms with Gasteiger partial charge in [0.15, 0.2) is 6.10 Å². The van der Waals surface area contributed by atoms with Gasteiger partial charge in [-0.15, -0.1) is 0 Å². The molecule has 2 aromatic rings. The lowest BCUT2D eigenvalue weighted by Crippen LogP contribution is -2.34. The molecule has 0 aliphatic heterocycles. The minimum absolute atomic E-state index is 0.657. The molecule has 0 spiro atoms. The van der Waals surface area contributed by atoms with Crippen molar-refractivity contribution in [2.75, 3.05) is 7.11 Å². The number of nitrogens with zero attached hydrogens (tertiary/aromatic N) is 2. The smallest absolute Gasteiger partial charge is 0.290 e. The lowest BCUT2D eigenvalue weighted by atomic mass is 10.1. The zero-order valence-corrected chi connectivity index (χ0v) is 10.3. The van der Waals surface area contributed by atoms with E-state index in [-0.39, 0.29) is 0 Å². The molecule has 0 fully saturated rings. The molecule has 0 amide bonds. The van der Waals surface area contributed by atoms with E-state index in [9.17, 15) is 5.11 Å². The summed E-state index contributed by atoms with van der Waals surface area (Å²) in [5, 5.41) is 10.4. The quantitative estimate of drug-likeness (QED) is 0.801. The first-order chi connectivity index (χ1) is 8.13. The van der Waals surface area contributed by atoms with E-state index in [1.807, 2.05) is 59.9 Å². The minimum atomic E-state index is -0.657. The molecule has 1 aromatic carbocycles. The molecule has 0 aliphatic carbocycles. The van der Waals surface area contributed by atoms with Gasteiger partial charge in [-0.25, -0.2) is 9.13 Å². The first kappa shape index (κ1) is 11.7. The molecule has 1 heterocycles. The van der Waals surface area contributed by atoms with E-state index >= 15 is 0 Å². The summed E-state index contributed by atoms with van der Waals surface area (Å²) in [6.45, 7) is 0. The molecule has 0 aliphatic rings. The Bertz CT molecular complexity index is 500. The molecule has 17 heavy (non-hydrogen) atoms. The van der Waals surface area contributed by atoms with Gasteiger partial charge < -0.3 is 9.84 Å². The summed E-state index contributed by atoms with van der Waals surface area (Å²) < 4.78 is 8.97. The van der Waals surface area contributed by atoms with Crippen LogP contribution in [0.4, 0.5) is 0 Å². The van der Waals surface area contributed by atoms with E-state index in [1.165, 1.54) is 0 Å². The maximum atomic E-state index is 10.4. The maximum absolute atomic E-state index is 10.4. The Morgan fingerprint density at radius 3 is 2.76 bits per heavy atom. The highest BCUT2D eigenvalue weighted by Gasteiger charge is 2.23. The SMILES string of the molecule is COc1cccc(C(O)c2n(C)cc[n+]2C)c1. The number of methoxy groups -OCH3 is 1. The minimum Gasteiger partial charge on any atom is -0.497 e. The van der Waals surface area contributed by atoms with Gasteiger partial charge in [-0.2, -0.15) is 0 Å². The summed E-state index contributed by atoms with van der Waals surface area (Å²) in [4.78, 5) is 0. The van der Waals surface area contributed by atoms with Crippen molar-refractivity contribution in [1.82, 2.24) is 4.57 Å². The Kier molecular flexibility index (Phi) is 3.15. The number of aryl methyl sites for hydroxylation is 2. The second kappa shape index (κ2) is 4.59. The fraction of sp³-hybridized carbons (Fsp3) is 0.308. The Balaban J connectivity index is 2.40. The standard InChI is InChI=1S/C13H17N2O2/c1-14-7-8-15(2)13(14)12(16)10-5-4-6-11(9-10)17-3/h4-9,12,16H,1-3H3/q+1. The molecule has 0 bridgehead atoms. The zero-order chi connectivity index (χ0) is 12.4. The van der Waals surface area contributed by atoms with Crippen molar-refractivity contribution >= 4 is 0 Å². The molecule has 0 saturated carbocycles. The third kappa shape index (κ3) is 2.17. The van der Waals surface area contributed by atoms with E-state index in [2.05, 4.69) is 0 Å². The Morgan fingerprint density at radius 1 is 1.41 bits per heavy atom. The molecule has 4 nitrogen and oxygen atoms in total. The van der Waals surface area contributed by atoms with Crippen LogP contribution in [0.2, 0.25) is 0 Å². The van der Waals surface area contributed by atoms with Crippen LogP contribution >= 0.6 is 0 Å². The van der Waals surface area contributed by atoms with Crippen LogP contribution in [0.1, 0.15) is 17.5 Å². The molecule has 0 radical (unpaired) electrons. The fourth-order valence-corrected chi connectivity index (χ4v) is 1.95. The number of aromatic nitrogens is 2. The molecular formula is C13H17N2O2+. The number of benzene rings is 1. The van der Waals surface area contributed by atoms with E-state index < -0.39 is 6.10 Å². The third-order valence-corrected chi connectivity index (χ3v) is 2.89. The van der Waals surface area contributed by atoms with Crippen molar-refractivity contribution in [2.24, 2.45) is 14.1 Å². The summed E-state index contributed by atoms with van der Waals surface area (Å²) in [5.74, 6) is 1.58. The van der Waals surface area contributed by atoms with Crippen LogP contribution < -0.4 is 9.30 Å². The Morgan fingerprint density at radius 2 is 2.18 bits per heavy atom. The first-order valence-corrected chi connectivity index (χ1v) is 5.46. The van der Waals surface area contributed by atoms with Gasteiger partial charge in [0.1, 0.15) is 18.1 Å². The molecule has 1 atom stereocenters. The molecule has 90 valence electrons. The van der Waals surface area contributed by atoms with Crippen molar-refractivity contribution in [1.29, 1.82) is 0 Å². The van der Waals surface area contributed by atoms with Crippen LogP contribution in [-0.2, 0) is 14.1 Å². The predicted octanol–water partition coefficient (Wildman–Crippen LogP) is 0.940. The lowest BCUT2D eigenvalue weighted by molar-refractivity contribution is -0.681. The van der Waals surface area contributed by atoms with Crippen LogP contribution in [0.25, 0.3) is 0 Å². The van der Waals surface area contributed by atoms with Gasteiger partial charge in [0.25, 0.3) is 5.82 Å². The zero-order valence-electron chi connectivity index (χ0n) is 10.3. The second-order valence-electron chi connectivity index (χ2n) is 4.06. The highest BCUT2D eigenvalue weighted by molar-refractivity contribution is 5.31. The van der Waals surface area contributed by atoms with Crippen LogP contribution in [0.15, 0.2) is 36.7 Å². The average Bonchev–Trinajstić information content (AvgIpc) is 2.68. The van der Waals surface area contributed by atoms with Crippen molar-refractivity contribution in [2.45, 2.75) is 6.10 Å². The van der Waals surface area contributed by atoms with Crippen molar-refractivity contribution < 1.29 is 14.4 Å². The molecule has 1 N–H and O–H groups in total. The summed E-state index contributed by atoms with van der Waals surface area (Å²) in [5.41, 5.74) is 0.821. The summed E-state index contributed by atoms with van der Waals surface area (Å²) >= 11 is 0. The monoisotopic (exact) mass is 233 g/mol. The predicted molar refractivity (Wildman–Crippen MR) is 63.6 cm³/mol. The second-order valence-corrected chi connectivity index (χ2v) is 4.06. The van der Waals surface area contributed by atoms with Gasteiger partial charge in [0, 0.05) is 0 Å². The fourth-order valence-electron chi connectivity index (χ4n) is 1.95. The molecular weight excluding hydrogens is 216 g/mol. The molecule has 0 saturated heterocycles. The van der Waals surface area contributed by atoms with Gasteiger partial charge in [-0.3, -0.25) is 0 Å². The molecule has 1 aromatic heterocycles. The van der Waals surface area contributed by atoms with E-state index in [0.29, 0.717) is 0 Å². The van der Waals surface area contributed by atoms with Crippen molar-refractivity contribution in [3.63, 3.8) is 0 Å². The Labute approximate surface area is 101 Å². The number of imidazole rings is 1. The lowest BCUT2D eigenvalue weighted by Gasteiger charge is -2.09. The highest BCUT2D eigenvalue weighted by atomic mass is 16.5. The van der Waals surface area contributed by atoms with Gasteiger partial charge in [-0.05, 0) is 17.7 Å². The Hall–Kier alpha value is -1.81.